The van der Waals surface area contributed by atoms with Gasteiger partial charge in [0, 0.05) is 18.7 Å². The van der Waals surface area contributed by atoms with E-state index in [1.54, 1.807) is 18.2 Å². The van der Waals surface area contributed by atoms with E-state index in [-0.39, 0.29) is 24.8 Å². The van der Waals surface area contributed by atoms with Crippen LogP contribution in [0.25, 0.3) is 0 Å². The van der Waals surface area contributed by atoms with E-state index in [2.05, 4.69) is 5.32 Å². The summed E-state index contributed by atoms with van der Waals surface area (Å²) in [5.74, 6) is -0.727. The molecule has 6 heteroatoms. The van der Waals surface area contributed by atoms with Gasteiger partial charge in [0.05, 0.1) is 21.7 Å². The first-order valence-electron chi connectivity index (χ1n) is 7.58. The molecule has 0 bridgehead atoms. The minimum atomic E-state index is -0.424. The Morgan fingerprint density at radius 1 is 1.17 bits per heavy atom. The van der Waals surface area contributed by atoms with Gasteiger partial charge in [-0.25, -0.2) is 0 Å². The Hall–Kier alpha value is -2.04. The maximum Gasteiger partial charge on any atom is 0.229 e. The predicted molar refractivity (Wildman–Crippen MR) is 96.7 cm³/mol. The first kappa shape index (κ1) is 16.8. The van der Waals surface area contributed by atoms with Crippen molar-refractivity contribution in [2.45, 2.75) is 13.3 Å². The zero-order chi connectivity index (χ0) is 17.3. The maximum absolute atomic E-state index is 12.5. The number of nitrogens with zero attached hydrogens (tertiary/aromatic N) is 1. The summed E-state index contributed by atoms with van der Waals surface area (Å²) in [7, 11) is 0. The van der Waals surface area contributed by atoms with Crippen molar-refractivity contribution >= 4 is 46.4 Å². The highest BCUT2D eigenvalue weighted by atomic mass is 35.5. The van der Waals surface area contributed by atoms with Gasteiger partial charge in [0.2, 0.25) is 11.8 Å². The third-order valence-corrected chi connectivity index (χ3v) is 4.93. The number of aryl methyl sites for hydroxylation is 1. The second-order valence-corrected chi connectivity index (χ2v) is 6.57. The third kappa shape index (κ3) is 3.25. The average molecular weight is 363 g/mol. The highest BCUT2D eigenvalue weighted by molar-refractivity contribution is 6.44. The van der Waals surface area contributed by atoms with Crippen LogP contribution in [0.5, 0.6) is 0 Å². The summed E-state index contributed by atoms with van der Waals surface area (Å²) < 4.78 is 0. The highest BCUT2D eigenvalue weighted by Crippen LogP contribution is 2.35. The molecule has 3 rings (SSSR count). The summed E-state index contributed by atoms with van der Waals surface area (Å²) in [6, 6.07) is 12.7. The van der Waals surface area contributed by atoms with E-state index in [1.165, 1.54) is 4.90 Å². The number of amides is 2. The number of carbonyl (C=O) groups is 2. The molecule has 1 saturated heterocycles. The summed E-state index contributed by atoms with van der Waals surface area (Å²) in [4.78, 5) is 26.3. The van der Waals surface area contributed by atoms with Crippen molar-refractivity contribution in [3.05, 3.63) is 58.1 Å². The Labute approximate surface area is 150 Å². The largest absolute Gasteiger partial charge is 0.326 e. The van der Waals surface area contributed by atoms with Gasteiger partial charge in [-0.2, -0.15) is 0 Å². The van der Waals surface area contributed by atoms with Crippen molar-refractivity contribution in [1.29, 1.82) is 0 Å². The van der Waals surface area contributed by atoms with Crippen LogP contribution >= 0.6 is 23.2 Å². The SMILES string of the molecule is Cc1ccccc1NC(=O)[C@H]1CC(=O)N(c2cccc(Cl)c2Cl)C1. The molecule has 2 aromatic carbocycles. The van der Waals surface area contributed by atoms with Crippen LogP contribution in [-0.4, -0.2) is 18.4 Å². The first-order chi connectivity index (χ1) is 11.5. The van der Waals surface area contributed by atoms with Crippen LogP contribution in [0.3, 0.4) is 0 Å². The normalized spacial score (nSPS) is 17.2. The second-order valence-electron chi connectivity index (χ2n) is 5.78. The van der Waals surface area contributed by atoms with E-state index in [9.17, 15) is 9.59 Å². The van der Waals surface area contributed by atoms with Gasteiger partial charge in [0.25, 0.3) is 0 Å². The maximum atomic E-state index is 12.5. The van der Waals surface area contributed by atoms with E-state index < -0.39 is 5.92 Å². The van der Waals surface area contributed by atoms with Crippen molar-refractivity contribution in [2.75, 3.05) is 16.8 Å². The number of hydrogen-bond acceptors (Lipinski definition) is 2. The molecule has 24 heavy (non-hydrogen) atoms. The molecule has 0 spiro atoms. The lowest BCUT2D eigenvalue weighted by molar-refractivity contribution is -0.122. The minimum Gasteiger partial charge on any atom is -0.326 e. The monoisotopic (exact) mass is 362 g/mol. The summed E-state index contributed by atoms with van der Waals surface area (Å²) in [6.07, 6.45) is 0.153. The summed E-state index contributed by atoms with van der Waals surface area (Å²) >= 11 is 12.2. The number of benzene rings is 2. The molecule has 1 N–H and O–H groups in total. The molecule has 0 unspecified atom stereocenters. The fourth-order valence-corrected chi connectivity index (χ4v) is 3.16. The molecular weight excluding hydrogens is 347 g/mol. The Morgan fingerprint density at radius 2 is 1.92 bits per heavy atom. The zero-order valence-electron chi connectivity index (χ0n) is 13.1. The zero-order valence-corrected chi connectivity index (χ0v) is 14.6. The van der Waals surface area contributed by atoms with Crippen LogP contribution in [-0.2, 0) is 9.59 Å². The van der Waals surface area contributed by atoms with Crippen LogP contribution < -0.4 is 10.2 Å². The van der Waals surface area contributed by atoms with Gasteiger partial charge in [-0.3, -0.25) is 9.59 Å². The number of nitrogens with one attached hydrogen (secondary N) is 1. The molecular formula is C18H16Cl2N2O2. The van der Waals surface area contributed by atoms with E-state index in [4.69, 9.17) is 23.2 Å². The average Bonchev–Trinajstić information content (AvgIpc) is 2.94. The van der Waals surface area contributed by atoms with E-state index in [1.807, 2.05) is 31.2 Å². The molecule has 1 aliphatic rings. The Morgan fingerprint density at radius 3 is 2.67 bits per heavy atom. The highest BCUT2D eigenvalue weighted by Gasteiger charge is 2.36. The molecule has 1 atom stereocenters. The molecule has 0 aliphatic carbocycles. The van der Waals surface area contributed by atoms with Crippen LogP contribution in [0.4, 0.5) is 11.4 Å². The number of carbonyl (C=O) groups excluding carboxylic acids is 2. The molecule has 0 radical (unpaired) electrons. The number of para-hydroxylation sites is 1. The molecule has 1 aliphatic heterocycles. The van der Waals surface area contributed by atoms with Gasteiger partial charge < -0.3 is 10.2 Å². The lowest BCUT2D eigenvalue weighted by Gasteiger charge is -2.18. The van der Waals surface area contributed by atoms with Crippen LogP contribution in [0, 0.1) is 12.8 Å². The smallest absolute Gasteiger partial charge is 0.229 e. The van der Waals surface area contributed by atoms with E-state index in [0.29, 0.717) is 15.7 Å². The van der Waals surface area contributed by atoms with Gasteiger partial charge >= 0.3 is 0 Å². The summed E-state index contributed by atoms with van der Waals surface area (Å²) in [6.45, 7) is 2.21. The molecule has 1 heterocycles. The molecule has 0 saturated carbocycles. The molecule has 124 valence electrons. The lowest BCUT2D eigenvalue weighted by atomic mass is 10.1. The Bertz CT molecular complexity index is 807. The second kappa shape index (κ2) is 6.83. The minimum absolute atomic E-state index is 0.135. The number of rotatable bonds is 3. The molecule has 1 fully saturated rings. The van der Waals surface area contributed by atoms with Gasteiger partial charge in [-0.1, -0.05) is 47.5 Å². The standard InChI is InChI=1S/C18H16Cl2N2O2/c1-11-5-2-3-7-14(11)21-18(24)12-9-16(23)22(10-12)15-8-4-6-13(19)17(15)20/h2-8,12H,9-10H2,1H3,(H,21,24)/t12-/m0/s1. The van der Waals surface area contributed by atoms with Gasteiger partial charge in [0.1, 0.15) is 0 Å². The summed E-state index contributed by atoms with van der Waals surface area (Å²) in [5, 5.41) is 3.60. The van der Waals surface area contributed by atoms with Gasteiger partial charge in [-0.15, -0.1) is 0 Å². The van der Waals surface area contributed by atoms with Crippen molar-refractivity contribution in [3.8, 4) is 0 Å². The Kier molecular flexibility index (Phi) is 4.78. The molecule has 0 aromatic heterocycles. The first-order valence-corrected chi connectivity index (χ1v) is 8.34. The molecule has 2 amide bonds. The van der Waals surface area contributed by atoms with Gasteiger partial charge in [0.15, 0.2) is 0 Å². The van der Waals surface area contributed by atoms with Crippen LogP contribution in [0.15, 0.2) is 42.5 Å². The number of hydrogen-bond donors (Lipinski definition) is 1. The molecule has 4 nitrogen and oxygen atoms in total. The lowest BCUT2D eigenvalue weighted by Crippen LogP contribution is -2.28. The van der Waals surface area contributed by atoms with Crippen molar-refractivity contribution in [3.63, 3.8) is 0 Å². The fourth-order valence-electron chi connectivity index (χ4n) is 2.76. The van der Waals surface area contributed by atoms with Crippen molar-refractivity contribution < 1.29 is 9.59 Å². The summed E-state index contributed by atoms with van der Waals surface area (Å²) in [5.41, 5.74) is 2.28. The quantitative estimate of drug-likeness (QED) is 0.884. The van der Waals surface area contributed by atoms with E-state index in [0.717, 1.165) is 11.3 Å². The topological polar surface area (TPSA) is 49.4 Å². The van der Waals surface area contributed by atoms with Crippen LogP contribution in [0.1, 0.15) is 12.0 Å². The van der Waals surface area contributed by atoms with Crippen molar-refractivity contribution in [1.82, 2.24) is 0 Å². The number of anilines is 2. The van der Waals surface area contributed by atoms with Crippen molar-refractivity contribution in [2.24, 2.45) is 5.92 Å². The fraction of sp³-hybridized carbons (Fsp3) is 0.222. The Balaban J connectivity index is 1.76. The van der Waals surface area contributed by atoms with Crippen LogP contribution in [0.2, 0.25) is 10.0 Å². The predicted octanol–water partition coefficient (Wildman–Crippen LogP) is 4.29. The third-order valence-electron chi connectivity index (χ3n) is 4.12. The van der Waals surface area contributed by atoms with E-state index >= 15 is 0 Å². The van der Waals surface area contributed by atoms with Gasteiger partial charge in [-0.05, 0) is 30.7 Å². The molecule has 2 aromatic rings. The number of halogens is 2.